The van der Waals surface area contributed by atoms with Gasteiger partial charge in [0.15, 0.2) is 11.5 Å². The predicted octanol–water partition coefficient (Wildman–Crippen LogP) is 3.24. The molecule has 0 aromatic heterocycles. The van der Waals surface area contributed by atoms with Crippen molar-refractivity contribution in [2.24, 2.45) is 0 Å². The lowest BCUT2D eigenvalue weighted by Crippen LogP contribution is -2.69. The van der Waals surface area contributed by atoms with Gasteiger partial charge in [0.25, 0.3) is 0 Å². The Balaban J connectivity index is 1.53. The lowest BCUT2D eigenvalue weighted by molar-refractivity contribution is -0.154. The van der Waals surface area contributed by atoms with Crippen LogP contribution in [-0.4, -0.2) is 95.3 Å². The molecule has 10 nitrogen and oxygen atoms in total. The van der Waals surface area contributed by atoms with Crippen LogP contribution in [0, 0.1) is 32.1 Å². The highest BCUT2D eigenvalue weighted by Crippen LogP contribution is 2.63. The number of esters is 1. The largest absolute Gasteiger partial charge is 0.507 e. The molecule has 2 saturated heterocycles. The van der Waals surface area contributed by atoms with Gasteiger partial charge in [0.05, 0.1) is 23.4 Å². The van der Waals surface area contributed by atoms with Crippen molar-refractivity contribution in [3.8, 4) is 29.1 Å². The summed E-state index contributed by atoms with van der Waals surface area (Å²) in [6.45, 7) is 5.80. The number of hydrogen-bond donors (Lipinski definition) is 2. The summed E-state index contributed by atoms with van der Waals surface area (Å²) in [5.41, 5.74) is 5.88. The number of fused-ring (bicyclic) bond motifs is 9. The topological polar surface area (TPSA) is 119 Å². The number of phenols is 2. The molecule has 4 bridgehead atoms. The van der Waals surface area contributed by atoms with Gasteiger partial charge in [0.1, 0.15) is 30.2 Å². The maximum Gasteiger partial charge on any atom is 0.324 e. The van der Waals surface area contributed by atoms with Gasteiger partial charge in [-0.05, 0) is 65.0 Å². The third kappa shape index (κ3) is 3.59. The zero-order chi connectivity index (χ0) is 29.8. The maximum atomic E-state index is 13.3. The number of carbonyl (C=O) groups excluding carboxylic acids is 1. The van der Waals surface area contributed by atoms with E-state index in [1.165, 1.54) is 0 Å². The first-order valence-corrected chi connectivity index (χ1v) is 15.4. The van der Waals surface area contributed by atoms with Crippen molar-refractivity contribution in [2.45, 2.75) is 68.7 Å². The fourth-order valence-corrected chi connectivity index (χ4v) is 9.64. The molecule has 2 fully saturated rings. The summed E-state index contributed by atoms with van der Waals surface area (Å²) in [6.07, 6.45) is 0.606. The summed E-state index contributed by atoms with van der Waals surface area (Å²) < 4.78 is 17.9. The quantitative estimate of drug-likeness (QED) is 0.475. The molecule has 2 aromatic rings. The molecule has 7 rings (SSSR count). The molecule has 5 aliphatic heterocycles. The SMILES string of the molecule is Cc1cc2c(c(O)c1C)[C@@H]1C3[C@@H]4SC[C@H](N(C)C)C(=O)OC[C@H](c5c6c(c(C)c(O)c54)OCO6)N3[C@@H](C#N)[C@H](C2)N1C. The average molecular weight is 593 g/mol. The van der Waals surface area contributed by atoms with Gasteiger partial charge in [0, 0.05) is 40.1 Å². The molecule has 2 N–H and O–H groups in total. The Hall–Kier alpha value is -3.17. The van der Waals surface area contributed by atoms with E-state index in [2.05, 4.69) is 21.9 Å². The normalized spacial score (nSPS) is 31.7. The summed E-state index contributed by atoms with van der Waals surface area (Å²) >= 11 is 1.58. The molecule has 1 unspecified atom stereocenters. The van der Waals surface area contributed by atoms with E-state index in [1.54, 1.807) is 11.8 Å². The molecular weight excluding hydrogens is 556 g/mol. The van der Waals surface area contributed by atoms with E-state index in [-0.39, 0.29) is 54.2 Å². The molecular formula is C31H36N4O6S. The van der Waals surface area contributed by atoms with E-state index in [0.29, 0.717) is 29.2 Å². The molecule has 0 radical (unpaired) electrons. The zero-order valence-corrected chi connectivity index (χ0v) is 25.5. The fourth-order valence-electron chi connectivity index (χ4n) is 7.92. The van der Waals surface area contributed by atoms with Crippen molar-refractivity contribution in [2.75, 3.05) is 40.3 Å². The summed E-state index contributed by atoms with van der Waals surface area (Å²) in [7, 11) is 5.77. The molecule has 0 spiro atoms. The van der Waals surface area contributed by atoms with Crippen molar-refractivity contribution < 1.29 is 29.2 Å². The van der Waals surface area contributed by atoms with Gasteiger partial charge in [-0.15, -0.1) is 11.8 Å². The smallest absolute Gasteiger partial charge is 0.324 e. The van der Waals surface area contributed by atoms with Gasteiger partial charge < -0.3 is 24.4 Å². The molecule has 222 valence electrons. The highest BCUT2D eigenvalue weighted by molar-refractivity contribution is 7.99. The minimum Gasteiger partial charge on any atom is -0.507 e. The van der Waals surface area contributed by atoms with Crippen LogP contribution in [0.15, 0.2) is 6.07 Å². The van der Waals surface area contributed by atoms with Crippen LogP contribution in [0.1, 0.15) is 56.3 Å². The minimum absolute atomic E-state index is 0.00450. The lowest BCUT2D eigenvalue weighted by atomic mass is 9.71. The van der Waals surface area contributed by atoms with Gasteiger partial charge in [-0.1, -0.05) is 6.07 Å². The molecule has 0 amide bonds. The van der Waals surface area contributed by atoms with Crippen LogP contribution in [0.3, 0.4) is 0 Å². The molecule has 2 aromatic carbocycles. The van der Waals surface area contributed by atoms with Crippen LogP contribution < -0.4 is 9.47 Å². The van der Waals surface area contributed by atoms with E-state index < -0.39 is 18.1 Å². The van der Waals surface area contributed by atoms with Crippen LogP contribution in [0.4, 0.5) is 0 Å². The van der Waals surface area contributed by atoms with E-state index in [4.69, 9.17) is 14.2 Å². The second-order valence-electron chi connectivity index (χ2n) is 12.4. The third-order valence-electron chi connectivity index (χ3n) is 10.2. The van der Waals surface area contributed by atoms with Crippen LogP contribution in [0.2, 0.25) is 0 Å². The number of aromatic hydroxyl groups is 2. The summed E-state index contributed by atoms with van der Waals surface area (Å²) in [5, 5.41) is 33.9. The first kappa shape index (κ1) is 27.7. The number of ether oxygens (including phenoxy) is 3. The Labute approximate surface area is 249 Å². The van der Waals surface area contributed by atoms with Crippen molar-refractivity contribution in [1.29, 1.82) is 5.26 Å². The summed E-state index contributed by atoms with van der Waals surface area (Å²) in [6, 6.07) is 2.44. The van der Waals surface area contributed by atoms with Gasteiger partial charge in [-0.3, -0.25) is 19.5 Å². The molecule has 11 heteroatoms. The predicted molar refractivity (Wildman–Crippen MR) is 156 cm³/mol. The Bertz CT molecular complexity index is 1560. The number of phenolic OH excluding ortho intramolecular Hbond substituents is 2. The van der Waals surface area contributed by atoms with E-state index >= 15 is 0 Å². The Morgan fingerprint density at radius 3 is 2.48 bits per heavy atom. The number of hydrogen-bond acceptors (Lipinski definition) is 11. The number of carbonyl (C=O) groups is 1. The average Bonchev–Trinajstić information content (AvgIpc) is 3.44. The van der Waals surface area contributed by atoms with E-state index in [9.17, 15) is 20.3 Å². The Morgan fingerprint density at radius 2 is 1.76 bits per heavy atom. The fraction of sp³-hybridized carbons (Fsp3) is 0.548. The number of aryl methyl sites for hydroxylation is 1. The molecule has 0 saturated carbocycles. The first-order chi connectivity index (χ1) is 20.1. The standard InChI is InChI=1S/C31H36N4O6S/c1-13-7-16-8-17-18(9-32)35-19-10-39-31(38)20(33(4)5)11-42-30(25(35)24(34(17)6)21(16)26(36)14(13)2)23-22(19)29-28(40-12-41-29)15(3)27(23)37/h7,17-20,24-25,30,36-37H,8,10-12H2,1-6H3/t17-,18-,19+,20-,24+,25?,30+/m0/s1. The van der Waals surface area contributed by atoms with E-state index in [0.717, 1.165) is 33.4 Å². The molecule has 42 heavy (non-hydrogen) atoms. The summed E-state index contributed by atoms with van der Waals surface area (Å²) in [4.78, 5) is 19.7. The first-order valence-electron chi connectivity index (χ1n) is 14.4. The third-order valence-corrected chi connectivity index (χ3v) is 11.6. The number of piperazine rings is 1. The number of nitriles is 1. The number of likely N-dealkylation sites (N-methyl/N-ethyl adjacent to an activating group) is 2. The highest BCUT2D eigenvalue weighted by atomic mass is 32.2. The van der Waals surface area contributed by atoms with Crippen molar-refractivity contribution in [1.82, 2.24) is 14.7 Å². The molecule has 7 atom stereocenters. The second-order valence-corrected chi connectivity index (χ2v) is 13.6. The lowest BCUT2D eigenvalue weighted by Gasteiger charge is -2.61. The minimum atomic E-state index is -0.563. The molecule has 5 heterocycles. The number of benzene rings is 2. The van der Waals surface area contributed by atoms with E-state index in [1.807, 2.05) is 46.8 Å². The molecule has 0 aliphatic carbocycles. The van der Waals surface area contributed by atoms with Crippen LogP contribution in [-0.2, 0) is 16.0 Å². The number of thioether (sulfide) groups is 1. The van der Waals surface area contributed by atoms with Gasteiger partial charge in [0.2, 0.25) is 6.79 Å². The second kappa shape index (κ2) is 9.67. The number of nitrogens with zero attached hydrogens (tertiary/aromatic N) is 4. The van der Waals surface area contributed by atoms with Gasteiger partial charge >= 0.3 is 5.97 Å². The zero-order valence-electron chi connectivity index (χ0n) is 24.7. The van der Waals surface area contributed by atoms with Crippen molar-refractivity contribution in [3.05, 3.63) is 45.0 Å². The van der Waals surface area contributed by atoms with Gasteiger partial charge in [-0.2, -0.15) is 5.26 Å². The monoisotopic (exact) mass is 592 g/mol. The number of cyclic esters (lactones) is 1. The Kier molecular flexibility index (Phi) is 6.37. The van der Waals surface area contributed by atoms with Crippen LogP contribution in [0.25, 0.3) is 0 Å². The van der Waals surface area contributed by atoms with Crippen LogP contribution in [0.5, 0.6) is 23.0 Å². The molecule has 5 aliphatic rings. The highest BCUT2D eigenvalue weighted by Gasteiger charge is 2.60. The van der Waals surface area contributed by atoms with Crippen molar-refractivity contribution in [3.63, 3.8) is 0 Å². The Morgan fingerprint density at radius 1 is 1.05 bits per heavy atom. The summed E-state index contributed by atoms with van der Waals surface area (Å²) in [5.74, 6) is 1.57. The van der Waals surface area contributed by atoms with Crippen LogP contribution >= 0.6 is 11.8 Å². The van der Waals surface area contributed by atoms with Crippen molar-refractivity contribution >= 4 is 17.7 Å². The van der Waals surface area contributed by atoms with Gasteiger partial charge in [-0.25, -0.2) is 0 Å². The number of rotatable bonds is 1. The maximum absolute atomic E-state index is 13.3.